The van der Waals surface area contributed by atoms with Gasteiger partial charge in [0.15, 0.2) is 11.5 Å². The maximum atomic E-state index is 14.1. The minimum absolute atomic E-state index is 0.218. The van der Waals surface area contributed by atoms with E-state index < -0.39 is 11.5 Å². The largest absolute Gasteiger partial charge is 0.351 e. The van der Waals surface area contributed by atoms with Crippen LogP contribution in [0.15, 0.2) is 37.4 Å². The molecule has 1 aliphatic carbocycles. The van der Waals surface area contributed by atoms with Gasteiger partial charge in [-0.2, -0.15) is 0 Å². The van der Waals surface area contributed by atoms with E-state index in [4.69, 9.17) is 0 Å². The summed E-state index contributed by atoms with van der Waals surface area (Å²) in [5.74, 6) is -0.0348. The number of fused-ring (bicyclic) bond motifs is 1. The number of hydrogen-bond acceptors (Lipinski definition) is 4. The minimum atomic E-state index is -1.11. The molecule has 3 heterocycles. The Morgan fingerprint density at radius 3 is 2.92 bits per heavy atom. The van der Waals surface area contributed by atoms with Crippen molar-refractivity contribution in [3.63, 3.8) is 0 Å². The van der Waals surface area contributed by atoms with Crippen LogP contribution in [0.25, 0.3) is 11.2 Å². The van der Waals surface area contributed by atoms with Crippen LogP contribution in [0.4, 0.5) is 14.7 Å². The number of pyridine rings is 1. The Morgan fingerprint density at radius 1 is 1.40 bits per heavy atom. The van der Waals surface area contributed by atoms with Gasteiger partial charge in [0, 0.05) is 35.9 Å². The molecule has 3 aromatic rings. The van der Waals surface area contributed by atoms with Crippen molar-refractivity contribution >= 4 is 17.2 Å². The highest BCUT2D eigenvalue weighted by atomic mass is 19.1. The number of hydrogen-bond donors (Lipinski definition) is 1. The number of rotatable bonds is 5. The molecule has 0 atom stereocenters. The lowest BCUT2D eigenvalue weighted by Gasteiger charge is -2.12. The van der Waals surface area contributed by atoms with Gasteiger partial charge in [0.2, 0.25) is 5.95 Å². The molecule has 0 amide bonds. The van der Waals surface area contributed by atoms with Crippen molar-refractivity contribution in [1.29, 1.82) is 0 Å². The minimum Gasteiger partial charge on any atom is -0.351 e. The molecular formula is C18H17F2N5. The molecule has 0 saturated heterocycles. The zero-order chi connectivity index (χ0) is 17.6. The zero-order valence-corrected chi connectivity index (χ0v) is 13.8. The number of nitrogens with one attached hydrogen (secondary N) is 1. The molecule has 0 aromatic carbocycles. The Kier molecular flexibility index (Phi) is 3.52. The van der Waals surface area contributed by atoms with Crippen LogP contribution in [-0.2, 0) is 0 Å². The normalized spacial score (nSPS) is 15.3. The zero-order valence-electron chi connectivity index (χ0n) is 13.8. The molecule has 1 saturated carbocycles. The first-order valence-electron chi connectivity index (χ1n) is 8.03. The molecule has 1 N–H and O–H groups in total. The van der Waals surface area contributed by atoms with Crippen molar-refractivity contribution in [2.45, 2.75) is 25.4 Å². The number of halogens is 2. The molecule has 0 spiro atoms. The average molecular weight is 341 g/mol. The second-order valence-electron chi connectivity index (χ2n) is 6.41. The Hall–Kier alpha value is -2.83. The summed E-state index contributed by atoms with van der Waals surface area (Å²) in [6.07, 6.45) is 7.76. The van der Waals surface area contributed by atoms with E-state index >= 15 is 0 Å². The summed E-state index contributed by atoms with van der Waals surface area (Å²) in [4.78, 5) is 12.6. The van der Waals surface area contributed by atoms with Gasteiger partial charge in [0.05, 0.1) is 12.2 Å². The molecule has 1 fully saturated rings. The van der Waals surface area contributed by atoms with Gasteiger partial charge in [-0.15, -0.1) is 0 Å². The quantitative estimate of drug-likeness (QED) is 0.771. The van der Waals surface area contributed by atoms with Crippen LogP contribution in [0.1, 0.15) is 29.7 Å². The fraction of sp³-hybridized carbons (Fsp3) is 0.278. The first-order valence-corrected chi connectivity index (χ1v) is 8.03. The van der Waals surface area contributed by atoms with Crippen molar-refractivity contribution in [2.75, 3.05) is 11.9 Å². The van der Waals surface area contributed by atoms with E-state index in [1.807, 2.05) is 6.92 Å². The highest BCUT2D eigenvalue weighted by Crippen LogP contribution is 2.39. The van der Waals surface area contributed by atoms with Crippen LogP contribution in [0.5, 0.6) is 0 Å². The predicted molar refractivity (Wildman–Crippen MR) is 91.6 cm³/mol. The molecule has 128 valence electrons. The molecule has 0 aliphatic heterocycles. The van der Waals surface area contributed by atoms with E-state index in [0.717, 1.165) is 0 Å². The summed E-state index contributed by atoms with van der Waals surface area (Å²) in [6, 6.07) is 1.40. The predicted octanol–water partition coefficient (Wildman–Crippen LogP) is 3.55. The van der Waals surface area contributed by atoms with Crippen LogP contribution in [0.3, 0.4) is 0 Å². The average Bonchev–Trinajstić information content (AvgIpc) is 3.13. The van der Waals surface area contributed by atoms with Gasteiger partial charge < -0.3 is 9.72 Å². The highest BCUT2D eigenvalue weighted by Gasteiger charge is 2.43. The molecular weight excluding hydrogens is 324 g/mol. The molecule has 7 heteroatoms. The third-order valence-corrected chi connectivity index (χ3v) is 4.45. The lowest BCUT2D eigenvalue weighted by atomic mass is 10.0. The van der Waals surface area contributed by atoms with Gasteiger partial charge in [-0.05, 0) is 31.4 Å². The van der Waals surface area contributed by atoms with Gasteiger partial charge in [-0.1, -0.05) is 6.58 Å². The maximum Gasteiger partial charge on any atom is 0.222 e. The fourth-order valence-corrected chi connectivity index (χ4v) is 2.71. The molecule has 0 bridgehead atoms. The summed E-state index contributed by atoms with van der Waals surface area (Å²) in [5.41, 5.74) is 1.79. The Morgan fingerprint density at radius 2 is 2.20 bits per heavy atom. The third kappa shape index (κ3) is 2.97. The Bertz CT molecular complexity index is 975. The van der Waals surface area contributed by atoms with Crippen molar-refractivity contribution in [2.24, 2.45) is 0 Å². The van der Waals surface area contributed by atoms with Gasteiger partial charge in [-0.3, -0.25) is 0 Å². The fourth-order valence-electron chi connectivity index (χ4n) is 2.71. The van der Waals surface area contributed by atoms with Crippen molar-refractivity contribution in [3.05, 3.63) is 60.1 Å². The second kappa shape index (κ2) is 5.61. The highest BCUT2D eigenvalue weighted by molar-refractivity contribution is 5.79. The van der Waals surface area contributed by atoms with Gasteiger partial charge in [-0.25, -0.2) is 23.7 Å². The smallest absolute Gasteiger partial charge is 0.222 e. The van der Waals surface area contributed by atoms with E-state index in [9.17, 15) is 8.78 Å². The molecule has 4 rings (SSSR count). The molecule has 3 aromatic heterocycles. The van der Waals surface area contributed by atoms with E-state index in [0.29, 0.717) is 41.2 Å². The van der Waals surface area contributed by atoms with E-state index in [2.05, 4.69) is 26.8 Å². The third-order valence-electron chi connectivity index (χ3n) is 4.45. The lowest BCUT2D eigenvalue weighted by molar-refractivity contribution is 0.326. The van der Waals surface area contributed by atoms with Gasteiger partial charge in [0.1, 0.15) is 5.67 Å². The van der Waals surface area contributed by atoms with Crippen molar-refractivity contribution in [1.82, 2.24) is 19.4 Å². The molecule has 5 nitrogen and oxygen atoms in total. The van der Waals surface area contributed by atoms with Crippen LogP contribution < -0.4 is 5.32 Å². The Labute approximate surface area is 143 Å². The molecule has 1 aliphatic rings. The number of aryl methyl sites for hydroxylation is 1. The van der Waals surface area contributed by atoms with E-state index in [-0.39, 0.29) is 12.2 Å². The van der Waals surface area contributed by atoms with E-state index in [1.54, 1.807) is 23.0 Å². The van der Waals surface area contributed by atoms with Crippen LogP contribution in [-0.4, -0.2) is 31.6 Å². The number of alkyl halides is 1. The van der Waals surface area contributed by atoms with Crippen molar-refractivity contribution in [3.8, 4) is 0 Å². The summed E-state index contributed by atoms with van der Waals surface area (Å²) in [5, 5.41) is 2.92. The summed E-state index contributed by atoms with van der Waals surface area (Å²) in [7, 11) is 0. The number of anilines is 1. The van der Waals surface area contributed by atoms with Crippen molar-refractivity contribution < 1.29 is 8.78 Å². The van der Waals surface area contributed by atoms with Crippen LogP contribution >= 0.6 is 0 Å². The monoisotopic (exact) mass is 341 g/mol. The number of aromatic nitrogens is 4. The molecule has 0 unspecified atom stereocenters. The molecule has 25 heavy (non-hydrogen) atoms. The second-order valence-corrected chi connectivity index (χ2v) is 6.41. The first kappa shape index (κ1) is 15.7. The van der Waals surface area contributed by atoms with Crippen LogP contribution in [0, 0.1) is 12.7 Å². The summed E-state index contributed by atoms with van der Waals surface area (Å²) < 4.78 is 29.4. The summed E-state index contributed by atoms with van der Waals surface area (Å²) >= 11 is 0. The van der Waals surface area contributed by atoms with Gasteiger partial charge >= 0.3 is 0 Å². The number of nitrogens with zero attached hydrogens (tertiary/aromatic N) is 4. The van der Waals surface area contributed by atoms with Crippen LogP contribution in [0.2, 0.25) is 0 Å². The summed E-state index contributed by atoms with van der Waals surface area (Å²) in [6.45, 7) is 6.09. The SMILES string of the molecule is C=C(c1cc(F)c2nccn2c1)c1cnc(NCC2(F)CC2)nc1C. The molecule has 0 radical (unpaired) electrons. The standard InChI is InChI=1S/C18H17F2N5/c1-11(13-7-15(19)16-21-5-6-25(16)9-13)14-8-22-17(24-12(14)2)23-10-18(20)3-4-18/h5-9H,1,3-4,10H2,2H3,(H,22,23,24). The first-order chi connectivity index (χ1) is 12.0. The van der Waals surface area contributed by atoms with Gasteiger partial charge in [0.25, 0.3) is 0 Å². The lowest BCUT2D eigenvalue weighted by Crippen LogP contribution is -2.18. The number of imidazole rings is 1. The Balaban J connectivity index is 1.60. The topological polar surface area (TPSA) is 55.1 Å². The maximum absolute atomic E-state index is 14.1. The van der Waals surface area contributed by atoms with E-state index in [1.165, 1.54) is 12.3 Å².